The number of rotatable bonds is 2. The average Bonchev–Trinajstić information content (AvgIpc) is 2.21. The van der Waals surface area contributed by atoms with E-state index in [4.69, 9.17) is 4.74 Å². The Morgan fingerprint density at radius 3 is 2.67 bits per heavy atom. The number of benzene rings is 1. The molecule has 1 aromatic rings. The second kappa shape index (κ2) is 4.82. The summed E-state index contributed by atoms with van der Waals surface area (Å²) in [6.45, 7) is 6.18. The zero-order valence-electron chi connectivity index (χ0n) is 9.70. The molecule has 0 atom stereocenters. The van der Waals surface area contributed by atoms with Crippen molar-refractivity contribution in [3.8, 4) is 0 Å². The monoisotopic (exact) mass is 207 g/mol. The zero-order chi connectivity index (χ0) is 11.4. The minimum absolute atomic E-state index is 0.314. The number of hydrogen-bond donors (Lipinski definition) is 0. The second-order valence-corrected chi connectivity index (χ2v) is 3.55. The molecule has 0 aromatic heterocycles. The zero-order valence-corrected chi connectivity index (χ0v) is 9.70. The smallest absolute Gasteiger partial charge is 0.414 e. The van der Waals surface area contributed by atoms with Crippen molar-refractivity contribution in [2.75, 3.05) is 18.6 Å². The van der Waals surface area contributed by atoms with Gasteiger partial charge >= 0.3 is 6.09 Å². The topological polar surface area (TPSA) is 29.5 Å². The summed E-state index contributed by atoms with van der Waals surface area (Å²) in [6, 6.07) is 6.00. The van der Waals surface area contributed by atoms with Crippen molar-refractivity contribution >= 4 is 11.8 Å². The van der Waals surface area contributed by atoms with Crippen LogP contribution in [-0.4, -0.2) is 19.7 Å². The van der Waals surface area contributed by atoms with Gasteiger partial charge in [-0.1, -0.05) is 12.1 Å². The Morgan fingerprint density at radius 1 is 1.40 bits per heavy atom. The van der Waals surface area contributed by atoms with Gasteiger partial charge in [-0.15, -0.1) is 0 Å². The van der Waals surface area contributed by atoms with Crippen LogP contribution in [0.4, 0.5) is 10.5 Å². The maximum atomic E-state index is 11.5. The molecule has 15 heavy (non-hydrogen) atoms. The first-order valence-corrected chi connectivity index (χ1v) is 5.04. The molecule has 0 radical (unpaired) electrons. The Bertz CT molecular complexity index is 361. The van der Waals surface area contributed by atoms with Crippen molar-refractivity contribution in [1.82, 2.24) is 0 Å². The van der Waals surface area contributed by atoms with Crippen molar-refractivity contribution in [2.24, 2.45) is 0 Å². The highest BCUT2D eigenvalue weighted by molar-refractivity contribution is 5.88. The lowest BCUT2D eigenvalue weighted by atomic mass is 10.1. The summed E-state index contributed by atoms with van der Waals surface area (Å²) in [5.74, 6) is 0. The molecule has 1 rings (SSSR count). The number of ether oxygens (including phenoxy) is 1. The standard InChI is InChI=1S/C12H17NO2/c1-5-15-12(14)13(4)11-8-9(2)6-7-10(11)3/h6-8H,5H2,1-4H3. The van der Waals surface area contributed by atoms with Gasteiger partial charge in [0.1, 0.15) is 0 Å². The molecule has 0 saturated carbocycles. The Labute approximate surface area is 90.7 Å². The van der Waals surface area contributed by atoms with Gasteiger partial charge in [-0.05, 0) is 38.0 Å². The first kappa shape index (κ1) is 11.6. The van der Waals surface area contributed by atoms with E-state index in [1.807, 2.05) is 32.0 Å². The van der Waals surface area contributed by atoms with E-state index in [0.29, 0.717) is 6.61 Å². The Morgan fingerprint density at radius 2 is 2.07 bits per heavy atom. The first-order valence-electron chi connectivity index (χ1n) is 5.04. The van der Waals surface area contributed by atoms with E-state index in [2.05, 4.69) is 0 Å². The molecule has 1 amide bonds. The van der Waals surface area contributed by atoms with Gasteiger partial charge in [-0.3, -0.25) is 4.90 Å². The highest BCUT2D eigenvalue weighted by Gasteiger charge is 2.13. The molecule has 0 aliphatic heterocycles. The molecule has 3 heteroatoms. The van der Waals surface area contributed by atoms with Gasteiger partial charge in [0, 0.05) is 12.7 Å². The molecule has 1 aromatic carbocycles. The van der Waals surface area contributed by atoms with Crippen LogP contribution in [0.3, 0.4) is 0 Å². The summed E-state index contributed by atoms with van der Waals surface area (Å²) < 4.78 is 4.94. The van der Waals surface area contributed by atoms with Crippen molar-refractivity contribution in [3.63, 3.8) is 0 Å². The normalized spacial score (nSPS) is 9.87. The molecule has 0 unspecified atom stereocenters. The predicted octanol–water partition coefficient (Wildman–Crippen LogP) is 2.90. The van der Waals surface area contributed by atoms with Crippen LogP contribution in [0.15, 0.2) is 18.2 Å². The molecular weight excluding hydrogens is 190 g/mol. The first-order chi connectivity index (χ1) is 7.06. The molecule has 0 aliphatic rings. The Kier molecular flexibility index (Phi) is 3.72. The Balaban J connectivity index is 2.94. The van der Waals surface area contributed by atoms with E-state index in [0.717, 1.165) is 16.8 Å². The SMILES string of the molecule is CCOC(=O)N(C)c1cc(C)ccc1C. The molecule has 0 aliphatic carbocycles. The fourth-order valence-electron chi connectivity index (χ4n) is 1.40. The summed E-state index contributed by atoms with van der Waals surface area (Å²) in [6.07, 6.45) is -0.314. The van der Waals surface area contributed by atoms with E-state index < -0.39 is 0 Å². The number of carbonyl (C=O) groups is 1. The predicted molar refractivity (Wildman–Crippen MR) is 61.3 cm³/mol. The van der Waals surface area contributed by atoms with Gasteiger partial charge in [0.25, 0.3) is 0 Å². The summed E-state index contributed by atoms with van der Waals surface area (Å²) in [5, 5.41) is 0. The lowest BCUT2D eigenvalue weighted by molar-refractivity contribution is 0.161. The highest BCUT2D eigenvalue weighted by atomic mass is 16.6. The van der Waals surface area contributed by atoms with Crippen molar-refractivity contribution < 1.29 is 9.53 Å². The molecule has 0 fully saturated rings. The lowest BCUT2D eigenvalue weighted by Gasteiger charge is -2.19. The number of nitrogens with zero attached hydrogens (tertiary/aromatic N) is 1. The maximum absolute atomic E-state index is 11.5. The number of aryl methyl sites for hydroxylation is 2. The molecule has 3 nitrogen and oxygen atoms in total. The molecular formula is C12H17NO2. The van der Waals surface area contributed by atoms with Crippen LogP contribution in [0.2, 0.25) is 0 Å². The largest absolute Gasteiger partial charge is 0.449 e. The van der Waals surface area contributed by atoms with Crippen LogP contribution >= 0.6 is 0 Å². The van der Waals surface area contributed by atoms with E-state index >= 15 is 0 Å². The van der Waals surface area contributed by atoms with Crippen LogP contribution < -0.4 is 4.90 Å². The van der Waals surface area contributed by atoms with Crippen LogP contribution in [0.5, 0.6) is 0 Å². The minimum atomic E-state index is -0.314. The maximum Gasteiger partial charge on any atom is 0.414 e. The Hall–Kier alpha value is -1.51. The fraction of sp³-hybridized carbons (Fsp3) is 0.417. The number of hydrogen-bond acceptors (Lipinski definition) is 2. The van der Waals surface area contributed by atoms with Crippen LogP contribution in [0.1, 0.15) is 18.1 Å². The van der Waals surface area contributed by atoms with Gasteiger partial charge in [0.2, 0.25) is 0 Å². The van der Waals surface area contributed by atoms with E-state index in [1.165, 1.54) is 4.90 Å². The number of anilines is 1. The molecule has 0 bridgehead atoms. The van der Waals surface area contributed by atoms with Crippen LogP contribution in [0.25, 0.3) is 0 Å². The van der Waals surface area contributed by atoms with Gasteiger partial charge in [0.15, 0.2) is 0 Å². The van der Waals surface area contributed by atoms with Crippen molar-refractivity contribution in [3.05, 3.63) is 29.3 Å². The van der Waals surface area contributed by atoms with Gasteiger partial charge in [0.05, 0.1) is 6.61 Å². The van der Waals surface area contributed by atoms with Crippen molar-refractivity contribution in [1.29, 1.82) is 0 Å². The summed E-state index contributed by atoms with van der Waals surface area (Å²) in [4.78, 5) is 13.0. The minimum Gasteiger partial charge on any atom is -0.449 e. The van der Waals surface area contributed by atoms with Gasteiger partial charge in [-0.25, -0.2) is 4.79 Å². The summed E-state index contributed by atoms with van der Waals surface area (Å²) in [5.41, 5.74) is 3.09. The van der Waals surface area contributed by atoms with Crippen molar-refractivity contribution in [2.45, 2.75) is 20.8 Å². The lowest BCUT2D eigenvalue weighted by Crippen LogP contribution is -2.27. The highest BCUT2D eigenvalue weighted by Crippen LogP contribution is 2.20. The third kappa shape index (κ3) is 2.72. The third-order valence-corrected chi connectivity index (χ3v) is 2.27. The van der Waals surface area contributed by atoms with Crippen LogP contribution in [-0.2, 0) is 4.74 Å². The van der Waals surface area contributed by atoms with Gasteiger partial charge < -0.3 is 4.74 Å². The molecule has 0 heterocycles. The molecule has 0 spiro atoms. The van der Waals surface area contributed by atoms with Crippen LogP contribution in [0, 0.1) is 13.8 Å². The van der Waals surface area contributed by atoms with E-state index in [9.17, 15) is 4.79 Å². The quantitative estimate of drug-likeness (QED) is 0.746. The van der Waals surface area contributed by atoms with E-state index in [-0.39, 0.29) is 6.09 Å². The molecule has 82 valence electrons. The third-order valence-electron chi connectivity index (χ3n) is 2.27. The average molecular weight is 207 g/mol. The summed E-state index contributed by atoms with van der Waals surface area (Å²) >= 11 is 0. The van der Waals surface area contributed by atoms with Gasteiger partial charge in [-0.2, -0.15) is 0 Å². The summed E-state index contributed by atoms with van der Waals surface area (Å²) in [7, 11) is 1.72. The molecule has 0 saturated heterocycles. The fourth-order valence-corrected chi connectivity index (χ4v) is 1.40. The number of carbonyl (C=O) groups excluding carboxylic acids is 1. The second-order valence-electron chi connectivity index (χ2n) is 3.55. The number of amides is 1. The van der Waals surface area contributed by atoms with E-state index in [1.54, 1.807) is 14.0 Å². The molecule has 0 N–H and O–H groups in total.